The second-order valence-corrected chi connectivity index (χ2v) is 3.63. The van der Waals surface area contributed by atoms with Gasteiger partial charge in [0.15, 0.2) is 0 Å². The Labute approximate surface area is 78.6 Å². The molecule has 2 nitrogen and oxygen atoms in total. The highest BCUT2D eigenvalue weighted by molar-refractivity contribution is 5.21. The zero-order valence-electron chi connectivity index (χ0n) is 7.61. The number of aliphatic hydroxyl groups excluding tert-OH is 1. The molecule has 0 aliphatic carbocycles. The Kier molecular flexibility index (Phi) is 2.62. The minimum atomic E-state index is 0.253. The minimum Gasteiger partial charge on any atom is -0.395 e. The zero-order chi connectivity index (χ0) is 9.10. The maximum absolute atomic E-state index is 8.97. The molecule has 0 radical (unpaired) electrons. The van der Waals surface area contributed by atoms with Gasteiger partial charge in [-0.3, -0.25) is 0 Å². The summed E-state index contributed by atoms with van der Waals surface area (Å²) >= 11 is 0. The molecule has 2 rings (SSSR count). The SMILES string of the molecule is OCC1CC(c2ccccc2)CN1. The van der Waals surface area contributed by atoms with Crippen molar-refractivity contribution < 1.29 is 5.11 Å². The van der Waals surface area contributed by atoms with Crippen LogP contribution in [0.15, 0.2) is 30.3 Å². The number of rotatable bonds is 2. The summed E-state index contributed by atoms with van der Waals surface area (Å²) in [6.07, 6.45) is 1.06. The zero-order valence-corrected chi connectivity index (χ0v) is 7.61. The molecule has 1 aromatic rings. The van der Waals surface area contributed by atoms with Crippen LogP contribution in [0.4, 0.5) is 0 Å². The third kappa shape index (κ3) is 1.90. The minimum absolute atomic E-state index is 0.253. The number of nitrogens with one attached hydrogen (secondary N) is 1. The fourth-order valence-corrected chi connectivity index (χ4v) is 1.94. The van der Waals surface area contributed by atoms with Gasteiger partial charge in [0, 0.05) is 12.6 Å². The molecule has 1 saturated heterocycles. The average molecular weight is 177 g/mol. The molecule has 2 N–H and O–H groups in total. The first kappa shape index (κ1) is 8.73. The molecule has 1 aliphatic heterocycles. The molecule has 0 saturated carbocycles. The van der Waals surface area contributed by atoms with Crippen molar-refractivity contribution in [2.75, 3.05) is 13.2 Å². The molecule has 1 aromatic carbocycles. The van der Waals surface area contributed by atoms with Crippen LogP contribution in [0.1, 0.15) is 17.9 Å². The lowest BCUT2D eigenvalue weighted by Gasteiger charge is -2.08. The van der Waals surface area contributed by atoms with Crippen molar-refractivity contribution in [1.29, 1.82) is 0 Å². The van der Waals surface area contributed by atoms with Gasteiger partial charge in [0.2, 0.25) is 0 Å². The van der Waals surface area contributed by atoms with Gasteiger partial charge in [-0.15, -0.1) is 0 Å². The van der Waals surface area contributed by atoms with Crippen LogP contribution in [-0.4, -0.2) is 24.3 Å². The van der Waals surface area contributed by atoms with Gasteiger partial charge in [-0.05, 0) is 17.9 Å². The lowest BCUT2D eigenvalue weighted by molar-refractivity contribution is 0.254. The normalized spacial score (nSPS) is 27.8. The summed E-state index contributed by atoms with van der Waals surface area (Å²) in [5.74, 6) is 0.582. The molecule has 1 heterocycles. The molecule has 0 aromatic heterocycles. The van der Waals surface area contributed by atoms with Crippen LogP contribution in [0.5, 0.6) is 0 Å². The van der Waals surface area contributed by atoms with Crippen molar-refractivity contribution >= 4 is 0 Å². The van der Waals surface area contributed by atoms with Crippen LogP contribution in [0, 0.1) is 0 Å². The van der Waals surface area contributed by atoms with Crippen molar-refractivity contribution in [3.05, 3.63) is 35.9 Å². The number of aliphatic hydroxyl groups is 1. The Morgan fingerprint density at radius 2 is 2.08 bits per heavy atom. The van der Waals surface area contributed by atoms with E-state index < -0.39 is 0 Å². The Bertz CT molecular complexity index is 260. The quantitative estimate of drug-likeness (QED) is 0.709. The number of hydrogen-bond donors (Lipinski definition) is 2. The van der Waals surface area contributed by atoms with Gasteiger partial charge in [-0.25, -0.2) is 0 Å². The van der Waals surface area contributed by atoms with Gasteiger partial charge in [0.05, 0.1) is 6.61 Å². The first-order chi connectivity index (χ1) is 6.40. The highest BCUT2D eigenvalue weighted by Crippen LogP contribution is 2.24. The van der Waals surface area contributed by atoms with Crippen LogP contribution in [0.3, 0.4) is 0 Å². The van der Waals surface area contributed by atoms with Crippen molar-refractivity contribution in [3.63, 3.8) is 0 Å². The maximum Gasteiger partial charge on any atom is 0.0584 e. The number of hydrogen-bond acceptors (Lipinski definition) is 2. The molecule has 0 spiro atoms. The third-order valence-corrected chi connectivity index (χ3v) is 2.71. The standard InChI is InChI=1S/C11H15NO/c13-8-11-6-10(7-12-11)9-4-2-1-3-5-9/h1-5,10-13H,6-8H2. The summed E-state index contributed by atoms with van der Waals surface area (Å²) in [5.41, 5.74) is 1.38. The second-order valence-electron chi connectivity index (χ2n) is 3.63. The van der Waals surface area contributed by atoms with E-state index in [0.717, 1.165) is 13.0 Å². The lowest BCUT2D eigenvalue weighted by atomic mass is 9.97. The van der Waals surface area contributed by atoms with E-state index >= 15 is 0 Å². The summed E-state index contributed by atoms with van der Waals surface area (Å²) in [7, 11) is 0. The van der Waals surface area contributed by atoms with Crippen molar-refractivity contribution in [2.45, 2.75) is 18.4 Å². The lowest BCUT2D eigenvalue weighted by Crippen LogP contribution is -2.24. The molecule has 13 heavy (non-hydrogen) atoms. The first-order valence-corrected chi connectivity index (χ1v) is 4.79. The Morgan fingerprint density at radius 3 is 2.69 bits per heavy atom. The van der Waals surface area contributed by atoms with Gasteiger partial charge >= 0.3 is 0 Å². The molecular weight excluding hydrogens is 162 g/mol. The summed E-state index contributed by atoms with van der Waals surface area (Å²) in [6, 6.07) is 10.8. The van der Waals surface area contributed by atoms with E-state index in [1.807, 2.05) is 6.07 Å². The number of benzene rings is 1. The monoisotopic (exact) mass is 177 g/mol. The van der Waals surface area contributed by atoms with Gasteiger partial charge in [0.25, 0.3) is 0 Å². The van der Waals surface area contributed by atoms with Crippen molar-refractivity contribution in [3.8, 4) is 0 Å². The Morgan fingerprint density at radius 1 is 1.31 bits per heavy atom. The van der Waals surface area contributed by atoms with Crippen LogP contribution < -0.4 is 5.32 Å². The average Bonchev–Trinajstić information content (AvgIpc) is 2.67. The van der Waals surface area contributed by atoms with E-state index in [1.54, 1.807) is 0 Å². The van der Waals surface area contributed by atoms with E-state index in [2.05, 4.69) is 29.6 Å². The fraction of sp³-hybridized carbons (Fsp3) is 0.455. The van der Waals surface area contributed by atoms with Crippen LogP contribution >= 0.6 is 0 Å². The van der Waals surface area contributed by atoms with Crippen LogP contribution in [0.2, 0.25) is 0 Å². The highest BCUT2D eigenvalue weighted by atomic mass is 16.3. The van der Waals surface area contributed by atoms with Crippen molar-refractivity contribution in [1.82, 2.24) is 5.32 Å². The van der Waals surface area contributed by atoms with Gasteiger partial charge in [-0.2, -0.15) is 0 Å². The molecule has 2 heteroatoms. The van der Waals surface area contributed by atoms with E-state index in [9.17, 15) is 0 Å². The van der Waals surface area contributed by atoms with E-state index in [4.69, 9.17) is 5.11 Å². The summed E-state index contributed by atoms with van der Waals surface area (Å²) < 4.78 is 0. The molecule has 1 fully saturated rings. The van der Waals surface area contributed by atoms with Crippen LogP contribution in [0.25, 0.3) is 0 Å². The maximum atomic E-state index is 8.97. The van der Waals surface area contributed by atoms with Crippen molar-refractivity contribution in [2.24, 2.45) is 0 Å². The topological polar surface area (TPSA) is 32.3 Å². The molecule has 1 aliphatic rings. The Balaban J connectivity index is 2.04. The smallest absolute Gasteiger partial charge is 0.0584 e. The van der Waals surface area contributed by atoms with Crippen LogP contribution in [-0.2, 0) is 0 Å². The molecule has 2 atom stereocenters. The van der Waals surface area contributed by atoms with Gasteiger partial charge < -0.3 is 10.4 Å². The first-order valence-electron chi connectivity index (χ1n) is 4.79. The molecule has 2 unspecified atom stereocenters. The Hall–Kier alpha value is -0.860. The summed E-state index contributed by atoms with van der Waals surface area (Å²) in [6.45, 7) is 1.25. The molecule has 70 valence electrons. The summed E-state index contributed by atoms with van der Waals surface area (Å²) in [5, 5.41) is 12.3. The largest absolute Gasteiger partial charge is 0.395 e. The highest BCUT2D eigenvalue weighted by Gasteiger charge is 2.23. The molecular formula is C11H15NO. The van der Waals surface area contributed by atoms with E-state index in [-0.39, 0.29) is 6.61 Å². The predicted molar refractivity (Wildman–Crippen MR) is 52.7 cm³/mol. The molecule has 0 amide bonds. The van der Waals surface area contributed by atoms with E-state index in [1.165, 1.54) is 5.56 Å². The second kappa shape index (κ2) is 3.90. The fourth-order valence-electron chi connectivity index (χ4n) is 1.94. The third-order valence-electron chi connectivity index (χ3n) is 2.71. The van der Waals surface area contributed by atoms with E-state index in [0.29, 0.717) is 12.0 Å². The summed E-state index contributed by atoms with van der Waals surface area (Å²) in [4.78, 5) is 0. The molecule has 0 bridgehead atoms. The van der Waals surface area contributed by atoms with Gasteiger partial charge in [0.1, 0.15) is 0 Å². The predicted octanol–water partition coefficient (Wildman–Crippen LogP) is 1.12. The van der Waals surface area contributed by atoms with Gasteiger partial charge in [-0.1, -0.05) is 30.3 Å².